The molecule has 0 N–H and O–H groups in total. The Kier molecular flexibility index (Phi) is 47.4. The average molecular weight is 853 g/mol. The second kappa shape index (κ2) is 49.8. The Hall–Kier alpha value is -2.89. The summed E-state index contributed by atoms with van der Waals surface area (Å²) < 4.78 is 16.7. The summed E-state index contributed by atoms with van der Waals surface area (Å²) in [4.78, 5) is 37.9. The van der Waals surface area contributed by atoms with Gasteiger partial charge in [-0.2, -0.15) is 0 Å². The minimum Gasteiger partial charge on any atom is -0.462 e. The molecule has 0 fully saturated rings. The zero-order chi connectivity index (χ0) is 44.4. The minimum absolute atomic E-state index is 0.100. The first kappa shape index (κ1) is 58.1. The van der Waals surface area contributed by atoms with Gasteiger partial charge in [0.05, 0.1) is 0 Å². The van der Waals surface area contributed by atoms with Gasteiger partial charge in [-0.1, -0.05) is 242 Å². The summed E-state index contributed by atoms with van der Waals surface area (Å²) in [7, 11) is 0. The molecule has 0 aliphatic carbocycles. The maximum atomic E-state index is 12.7. The van der Waals surface area contributed by atoms with Crippen molar-refractivity contribution in [2.45, 2.75) is 258 Å². The van der Waals surface area contributed by atoms with Crippen LogP contribution in [0.4, 0.5) is 0 Å². The molecular formula is C55H96O6. The number of hydrogen-bond acceptors (Lipinski definition) is 6. The second-order valence-corrected chi connectivity index (χ2v) is 17.1. The molecule has 0 saturated heterocycles. The van der Waals surface area contributed by atoms with Crippen LogP contribution >= 0.6 is 0 Å². The molecule has 61 heavy (non-hydrogen) atoms. The molecule has 352 valence electrons. The average Bonchev–Trinajstić information content (AvgIpc) is 3.26. The van der Waals surface area contributed by atoms with E-state index in [0.29, 0.717) is 19.3 Å². The van der Waals surface area contributed by atoms with Gasteiger partial charge in [0.2, 0.25) is 0 Å². The highest BCUT2D eigenvalue weighted by Crippen LogP contribution is 2.16. The molecule has 0 radical (unpaired) electrons. The summed E-state index contributed by atoms with van der Waals surface area (Å²) in [6.45, 7) is 6.46. The molecule has 6 nitrogen and oxygen atoms in total. The molecule has 0 heterocycles. The number of esters is 3. The van der Waals surface area contributed by atoms with Crippen LogP contribution in [0.2, 0.25) is 0 Å². The summed E-state index contributed by atoms with van der Waals surface area (Å²) in [6.07, 6.45) is 60.8. The van der Waals surface area contributed by atoms with Crippen LogP contribution in [0.5, 0.6) is 0 Å². The van der Waals surface area contributed by atoms with Crippen molar-refractivity contribution in [1.29, 1.82) is 0 Å². The van der Waals surface area contributed by atoms with Crippen molar-refractivity contribution in [2.24, 2.45) is 0 Å². The van der Waals surface area contributed by atoms with Gasteiger partial charge in [0, 0.05) is 19.3 Å². The number of hydrogen-bond donors (Lipinski definition) is 0. The van der Waals surface area contributed by atoms with Crippen molar-refractivity contribution >= 4 is 17.9 Å². The monoisotopic (exact) mass is 853 g/mol. The molecule has 0 saturated carbocycles. The van der Waals surface area contributed by atoms with E-state index in [1.54, 1.807) is 0 Å². The molecule has 0 bridgehead atoms. The Balaban J connectivity index is 4.42. The normalized spacial score (nSPS) is 12.5. The molecule has 0 aromatic heterocycles. The largest absolute Gasteiger partial charge is 0.462 e. The summed E-state index contributed by atoms with van der Waals surface area (Å²) in [6, 6.07) is 0. The van der Waals surface area contributed by atoms with Crippen LogP contribution in [0.3, 0.4) is 0 Å². The lowest BCUT2D eigenvalue weighted by Crippen LogP contribution is -2.30. The van der Waals surface area contributed by atoms with Crippen molar-refractivity contribution < 1.29 is 28.6 Å². The molecule has 0 aromatic rings. The summed E-state index contributed by atoms with van der Waals surface area (Å²) in [5.74, 6) is -0.979. The predicted octanol–water partition coefficient (Wildman–Crippen LogP) is 16.9. The molecular weight excluding hydrogens is 757 g/mol. The number of carbonyl (C=O) groups is 3. The van der Waals surface area contributed by atoms with Gasteiger partial charge >= 0.3 is 17.9 Å². The lowest BCUT2D eigenvalue weighted by molar-refractivity contribution is -0.166. The van der Waals surface area contributed by atoms with Crippen LogP contribution in [0.15, 0.2) is 60.8 Å². The molecule has 1 unspecified atom stereocenters. The molecule has 6 heteroatoms. The van der Waals surface area contributed by atoms with Gasteiger partial charge in [0.15, 0.2) is 6.10 Å². The Bertz CT molecular complexity index is 1120. The van der Waals surface area contributed by atoms with Gasteiger partial charge in [0.25, 0.3) is 0 Å². The van der Waals surface area contributed by atoms with Crippen molar-refractivity contribution in [3.8, 4) is 0 Å². The van der Waals surface area contributed by atoms with Crippen molar-refractivity contribution in [1.82, 2.24) is 0 Å². The van der Waals surface area contributed by atoms with E-state index in [1.165, 1.54) is 135 Å². The minimum atomic E-state index is -0.808. The maximum absolute atomic E-state index is 12.7. The number of rotatable bonds is 46. The third-order valence-electron chi connectivity index (χ3n) is 11.1. The summed E-state index contributed by atoms with van der Waals surface area (Å²) in [5, 5.41) is 0. The van der Waals surface area contributed by atoms with E-state index in [-0.39, 0.29) is 37.5 Å². The Labute approximate surface area is 377 Å². The van der Waals surface area contributed by atoms with Gasteiger partial charge < -0.3 is 14.2 Å². The highest BCUT2D eigenvalue weighted by Gasteiger charge is 2.19. The summed E-state index contributed by atoms with van der Waals surface area (Å²) in [5.41, 5.74) is 0. The fourth-order valence-corrected chi connectivity index (χ4v) is 7.20. The van der Waals surface area contributed by atoms with Crippen LogP contribution in [-0.2, 0) is 28.6 Å². The van der Waals surface area contributed by atoms with E-state index < -0.39 is 6.10 Å². The van der Waals surface area contributed by atoms with Crippen molar-refractivity contribution in [3.63, 3.8) is 0 Å². The van der Waals surface area contributed by atoms with Crippen LogP contribution in [-0.4, -0.2) is 37.2 Å². The highest BCUT2D eigenvalue weighted by molar-refractivity contribution is 5.71. The van der Waals surface area contributed by atoms with Gasteiger partial charge in [0.1, 0.15) is 13.2 Å². The van der Waals surface area contributed by atoms with Crippen LogP contribution < -0.4 is 0 Å². The van der Waals surface area contributed by atoms with E-state index in [2.05, 4.69) is 69.4 Å². The lowest BCUT2D eigenvalue weighted by atomic mass is 10.0. The van der Waals surface area contributed by atoms with E-state index in [4.69, 9.17) is 14.2 Å². The molecule has 1 atom stereocenters. The predicted molar refractivity (Wildman–Crippen MR) is 261 cm³/mol. The first-order valence-corrected chi connectivity index (χ1v) is 25.8. The van der Waals surface area contributed by atoms with Crippen molar-refractivity contribution in [3.05, 3.63) is 60.8 Å². The highest BCUT2D eigenvalue weighted by atomic mass is 16.6. The van der Waals surface area contributed by atoms with Crippen molar-refractivity contribution in [2.75, 3.05) is 13.2 Å². The molecule has 0 aliphatic rings. The second-order valence-electron chi connectivity index (χ2n) is 17.1. The number of carbonyl (C=O) groups excluding carboxylic acids is 3. The van der Waals surface area contributed by atoms with Gasteiger partial charge in [-0.25, -0.2) is 0 Å². The molecule has 0 aliphatic heterocycles. The SMILES string of the molecule is CC/C=C\C/C=C\C/C=C\C/C=C\C/C=C\CCC(=O)OC(COC(=O)CCCCCCCCCCCC)COC(=O)CCCCCCCCCCCCCCCCCCC. The van der Waals surface area contributed by atoms with E-state index in [1.807, 2.05) is 12.2 Å². The first-order chi connectivity index (χ1) is 30.0. The fourth-order valence-electron chi connectivity index (χ4n) is 7.20. The lowest BCUT2D eigenvalue weighted by Gasteiger charge is -2.18. The Morgan fingerprint density at radius 3 is 0.967 bits per heavy atom. The van der Waals surface area contributed by atoms with Crippen LogP contribution in [0.1, 0.15) is 252 Å². The maximum Gasteiger partial charge on any atom is 0.306 e. The quantitative estimate of drug-likeness (QED) is 0.0263. The van der Waals surface area contributed by atoms with Crippen LogP contribution in [0, 0.1) is 0 Å². The third-order valence-corrected chi connectivity index (χ3v) is 11.1. The smallest absolute Gasteiger partial charge is 0.306 e. The number of allylic oxidation sites excluding steroid dienone is 10. The zero-order valence-corrected chi connectivity index (χ0v) is 40.2. The van der Waals surface area contributed by atoms with Gasteiger partial charge in [-0.15, -0.1) is 0 Å². The van der Waals surface area contributed by atoms with Gasteiger partial charge in [-0.3, -0.25) is 14.4 Å². The third kappa shape index (κ3) is 48.0. The number of ether oxygens (including phenoxy) is 3. The van der Waals surface area contributed by atoms with E-state index >= 15 is 0 Å². The zero-order valence-electron chi connectivity index (χ0n) is 40.2. The molecule has 0 aromatic carbocycles. The number of unbranched alkanes of at least 4 members (excludes halogenated alkanes) is 25. The molecule has 0 rings (SSSR count). The first-order valence-electron chi connectivity index (χ1n) is 25.8. The fraction of sp³-hybridized carbons (Fsp3) is 0.764. The standard InChI is InChI=1S/C55H96O6/c1-4-7-10-13-16-19-22-24-26-28-30-31-33-36-39-42-45-48-54(57)60-51-52(50-59-53(56)47-44-41-38-35-21-18-15-12-9-6-3)61-55(58)49-46-43-40-37-34-32-29-27-25-23-20-17-14-11-8-5-2/h8,11,17,20,25,27,32,34,40,43,52H,4-7,9-10,12-16,18-19,21-24,26,28-31,33,35-39,41-42,44-51H2,1-3H3/b11-8-,20-17-,27-25-,34-32-,43-40-. The van der Waals surface area contributed by atoms with Gasteiger partial charge in [-0.05, 0) is 51.4 Å². The van der Waals surface area contributed by atoms with Crippen LogP contribution in [0.25, 0.3) is 0 Å². The molecule has 0 spiro atoms. The Morgan fingerprint density at radius 2 is 0.639 bits per heavy atom. The molecule has 0 amide bonds. The van der Waals surface area contributed by atoms with E-state index in [9.17, 15) is 14.4 Å². The topological polar surface area (TPSA) is 78.9 Å². The summed E-state index contributed by atoms with van der Waals surface area (Å²) >= 11 is 0. The van der Waals surface area contributed by atoms with E-state index in [0.717, 1.165) is 70.6 Å². The Morgan fingerprint density at radius 1 is 0.344 bits per heavy atom.